The molecule has 5 nitrogen and oxygen atoms in total. The zero-order valence-electron chi connectivity index (χ0n) is 14.0. The Hall–Kier alpha value is -2.21. The first-order chi connectivity index (χ1) is 11.7. The largest absolute Gasteiger partial charge is 0.468 e. The van der Waals surface area contributed by atoms with Crippen molar-refractivity contribution in [2.75, 3.05) is 20.3 Å². The maximum absolute atomic E-state index is 12.4. The van der Waals surface area contributed by atoms with Gasteiger partial charge in [-0.3, -0.25) is 9.59 Å². The molecule has 0 aliphatic heterocycles. The highest BCUT2D eigenvalue weighted by atomic mass is 35.5. The molecule has 0 spiro atoms. The van der Waals surface area contributed by atoms with Crippen molar-refractivity contribution >= 4 is 24.2 Å². The van der Waals surface area contributed by atoms with Crippen molar-refractivity contribution in [1.82, 2.24) is 5.32 Å². The van der Waals surface area contributed by atoms with Crippen molar-refractivity contribution < 1.29 is 19.4 Å². The number of benzene rings is 2. The van der Waals surface area contributed by atoms with E-state index in [0.717, 1.165) is 11.1 Å². The lowest BCUT2D eigenvalue weighted by Gasteiger charge is -2.15. The van der Waals surface area contributed by atoms with Gasteiger partial charge in [-0.25, -0.2) is 0 Å². The van der Waals surface area contributed by atoms with E-state index in [0.29, 0.717) is 5.56 Å². The van der Waals surface area contributed by atoms with Gasteiger partial charge in [0.25, 0.3) is 0 Å². The Morgan fingerprint density at radius 1 is 1.04 bits per heavy atom. The number of nitrogens with one attached hydrogen (secondary N) is 1. The van der Waals surface area contributed by atoms with Gasteiger partial charge in [-0.2, -0.15) is 0 Å². The van der Waals surface area contributed by atoms with Crippen LogP contribution in [-0.2, 0) is 9.53 Å². The van der Waals surface area contributed by atoms with E-state index >= 15 is 0 Å². The summed E-state index contributed by atoms with van der Waals surface area (Å²) in [5.74, 6) is -0.673. The molecule has 0 radical (unpaired) electrons. The van der Waals surface area contributed by atoms with Crippen molar-refractivity contribution in [2.45, 2.75) is 12.5 Å². The minimum Gasteiger partial charge on any atom is -0.468 e. The number of ether oxygens (including phenoxy) is 1. The lowest BCUT2D eigenvalue weighted by Crippen LogP contribution is -2.40. The number of methoxy groups -OCH3 is 1. The Kier molecular flexibility index (Phi) is 8.84. The van der Waals surface area contributed by atoms with Crippen LogP contribution in [0.3, 0.4) is 0 Å². The average molecular weight is 364 g/mol. The van der Waals surface area contributed by atoms with E-state index in [1.54, 1.807) is 12.1 Å². The first-order valence-electron chi connectivity index (χ1n) is 7.76. The Labute approximate surface area is 153 Å². The van der Waals surface area contributed by atoms with Gasteiger partial charge in [0, 0.05) is 18.5 Å². The van der Waals surface area contributed by atoms with Gasteiger partial charge < -0.3 is 15.2 Å². The number of hydrogen-bond donors (Lipinski definition) is 2. The van der Waals surface area contributed by atoms with Gasteiger partial charge in [0.15, 0.2) is 5.78 Å². The van der Waals surface area contributed by atoms with Gasteiger partial charge in [-0.1, -0.05) is 54.6 Å². The molecule has 0 bridgehead atoms. The molecule has 0 saturated carbocycles. The number of ketones is 1. The van der Waals surface area contributed by atoms with Crippen LogP contribution >= 0.6 is 12.4 Å². The number of rotatable bonds is 8. The molecule has 6 heteroatoms. The first kappa shape index (κ1) is 20.8. The highest BCUT2D eigenvalue weighted by Gasteiger charge is 2.22. The number of carbonyl (C=O) groups is 2. The smallest absolute Gasteiger partial charge is 0.323 e. The third kappa shape index (κ3) is 5.98. The summed E-state index contributed by atoms with van der Waals surface area (Å²) in [5.41, 5.74) is 2.64. The Bertz CT molecular complexity index is 674. The molecule has 134 valence electrons. The van der Waals surface area contributed by atoms with Crippen molar-refractivity contribution in [1.29, 1.82) is 0 Å². The first-order valence-corrected chi connectivity index (χ1v) is 7.76. The van der Waals surface area contributed by atoms with Crippen LogP contribution in [0.2, 0.25) is 0 Å². The molecule has 0 aliphatic rings. The summed E-state index contributed by atoms with van der Waals surface area (Å²) in [6.45, 7) is 0.105. The topological polar surface area (TPSA) is 75.6 Å². The Morgan fingerprint density at radius 2 is 1.64 bits per heavy atom. The minimum atomic E-state index is -0.761. The zero-order valence-corrected chi connectivity index (χ0v) is 14.8. The number of halogens is 1. The second kappa shape index (κ2) is 10.6. The maximum atomic E-state index is 12.4. The third-order valence-electron chi connectivity index (χ3n) is 3.69. The lowest BCUT2D eigenvalue weighted by atomic mass is 9.99. The molecular weight excluding hydrogens is 342 g/mol. The summed E-state index contributed by atoms with van der Waals surface area (Å²) in [7, 11) is 1.27. The molecule has 0 heterocycles. The highest BCUT2D eigenvalue weighted by molar-refractivity contribution is 5.99. The summed E-state index contributed by atoms with van der Waals surface area (Å²) < 4.78 is 4.69. The fraction of sp³-hybridized carbons (Fsp3) is 0.263. The molecule has 1 unspecified atom stereocenters. The van der Waals surface area contributed by atoms with Crippen LogP contribution in [0, 0.1) is 0 Å². The Morgan fingerprint density at radius 3 is 2.20 bits per heavy atom. The molecule has 0 amide bonds. The van der Waals surface area contributed by atoms with Crippen LogP contribution in [-0.4, -0.2) is 43.2 Å². The second-order valence-corrected chi connectivity index (χ2v) is 5.32. The van der Waals surface area contributed by atoms with Gasteiger partial charge in [-0.05, 0) is 11.1 Å². The van der Waals surface area contributed by atoms with E-state index in [4.69, 9.17) is 5.11 Å². The zero-order chi connectivity index (χ0) is 17.4. The predicted molar refractivity (Wildman–Crippen MR) is 99.0 cm³/mol. The number of carbonyl (C=O) groups excluding carboxylic acids is 2. The lowest BCUT2D eigenvalue weighted by molar-refractivity contribution is -0.143. The quantitative estimate of drug-likeness (QED) is 0.556. The van der Waals surface area contributed by atoms with E-state index < -0.39 is 12.0 Å². The van der Waals surface area contributed by atoms with E-state index in [-0.39, 0.29) is 37.8 Å². The van der Waals surface area contributed by atoms with Crippen LogP contribution in [0.5, 0.6) is 0 Å². The van der Waals surface area contributed by atoms with Gasteiger partial charge in [-0.15, -0.1) is 12.4 Å². The summed E-state index contributed by atoms with van der Waals surface area (Å²) >= 11 is 0. The van der Waals surface area contributed by atoms with Gasteiger partial charge >= 0.3 is 5.97 Å². The van der Waals surface area contributed by atoms with Crippen LogP contribution in [0.1, 0.15) is 16.8 Å². The molecule has 0 saturated heterocycles. The molecule has 2 aromatic rings. The van der Waals surface area contributed by atoms with Crippen molar-refractivity contribution in [2.24, 2.45) is 0 Å². The third-order valence-corrected chi connectivity index (χ3v) is 3.69. The van der Waals surface area contributed by atoms with Crippen LogP contribution in [0.4, 0.5) is 0 Å². The monoisotopic (exact) mass is 363 g/mol. The highest BCUT2D eigenvalue weighted by Crippen LogP contribution is 2.20. The molecular formula is C19H22ClNO4. The second-order valence-electron chi connectivity index (χ2n) is 5.32. The van der Waals surface area contributed by atoms with Gasteiger partial charge in [0.1, 0.15) is 6.04 Å². The van der Waals surface area contributed by atoms with E-state index in [1.165, 1.54) is 7.11 Å². The van der Waals surface area contributed by atoms with Gasteiger partial charge in [0.2, 0.25) is 0 Å². The van der Waals surface area contributed by atoms with Crippen LogP contribution < -0.4 is 5.32 Å². The molecule has 1 atom stereocenters. The molecule has 0 fully saturated rings. The van der Waals surface area contributed by atoms with Crippen molar-refractivity contribution in [3.63, 3.8) is 0 Å². The molecule has 0 aliphatic carbocycles. The molecule has 2 rings (SSSR count). The molecule has 0 aromatic heterocycles. The van der Waals surface area contributed by atoms with E-state index in [9.17, 15) is 9.59 Å². The van der Waals surface area contributed by atoms with Crippen LogP contribution in [0.25, 0.3) is 11.1 Å². The van der Waals surface area contributed by atoms with E-state index in [2.05, 4.69) is 10.1 Å². The average Bonchev–Trinajstić information content (AvgIpc) is 2.65. The van der Waals surface area contributed by atoms with Crippen molar-refractivity contribution in [3.8, 4) is 11.1 Å². The molecule has 25 heavy (non-hydrogen) atoms. The number of aliphatic hydroxyl groups excluding tert-OH is 1. The normalized spacial score (nSPS) is 11.3. The van der Waals surface area contributed by atoms with Crippen LogP contribution in [0.15, 0.2) is 54.6 Å². The number of hydrogen-bond acceptors (Lipinski definition) is 5. The SMILES string of the molecule is COC(=O)C(CC(=O)c1ccc(-c2ccccc2)cc1)NCCO.Cl. The minimum absolute atomic E-state index is 0. The Balaban J connectivity index is 0.00000312. The molecule has 2 aromatic carbocycles. The number of Topliss-reactive ketones (excluding diaryl/α,β-unsaturated/α-hetero) is 1. The standard InChI is InChI=1S/C19H21NO4.ClH/c1-24-19(23)17(20-11-12-21)13-18(22)16-9-7-15(8-10-16)14-5-3-2-4-6-14;/h2-10,17,20-21H,11-13H2,1H3;1H. The number of aliphatic hydroxyl groups is 1. The molecule has 2 N–H and O–H groups in total. The number of esters is 1. The predicted octanol–water partition coefficient (Wildman–Crippen LogP) is 2.47. The maximum Gasteiger partial charge on any atom is 0.323 e. The fourth-order valence-corrected chi connectivity index (χ4v) is 2.40. The summed E-state index contributed by atoms with van der Waals surface area (Å²) in [6.07, 6.45) is -0.0165. The fourth-order valence-electron chi connectivity index (χ4n) is 2.40. The van der Waals surface area contributed by atoms with Crippen molar-refractivity contribution in [3.05, 3.63) is 60.2 Å². The summed E-state index contributed by atoms with van der Waals surface area (Å²) in [5, 5.41) is 11.7. The van der Waals surface area contributed by atoms with E-state index in [1.807, 2.05) is 42.5 Å². The summed E-state index contributed by atoms with van der Waals surface area (Å²) in [6, 6.07) is 16.4. The van der Waals surface area contributed by atoms with Gasteiger partial charge in [0.05, 0.1) is 13.7 Å². The summed E-state index contributed by atoms with van der Waals surface area (Å²) in [4.78, 5) is 24.1.